The van der Waals surface area contributed by atoms with Gasteiger partial charge in [0.25, 0.3) is 0 Å². The second-order valence-electron chi connectivity index (χ2n) is 5.00. The lowest BCUT2D eigenvalue weighted by Crippen LogP contribution is -2.16. The van der Waals surface area contributed by atoms with Crippen LogP contribution in [0.25, 0.3) is 0 Å². The van der Waals surface area contributed by atoms with Crippen LogP contribution in [-0.4, -0.2) is 12.2 Å². The summed E-state index contributed by atoms with van der Waals surface area (Å²) in [6, 6.07) is 16.0. The van der Waals surface area contributed by atoms with Gasteiger partial charge in [0.15, 0.2) is 0 Å². The fraction of sp³-hybridized carbons (Fsp3) is 0.294. The largest absolute Gasteiger partial charge is 0.388 e. The van der Waals surface area contributed by atoms with Crippen molar-refractivity contribution >= 4 is 17.3 Å². The Labute approximate surface area is 125 Å². The van der Waals surface area contributed by atoms with Crippen LogP contribution in [0.15, 0.2) is 48.5 Å². The lowest BCUT2D eigenvalue weighted by molar-refractivity contribution is 0.173. The first-order valence-electron chi connectivity index (χ1n) is 6.83. The van der Waals surface area contributed by atoms with Crippen molar-refractivity contribution in [2.75, 3.05) is 11.9 Å². The second-order valence-corrected chi connectivity index (χ2v) is 5.43. The molecule has 2 rings (SSSR count). The summed E-state index contributed by atoms with van der Waals surface area (Å²) in [6.45, 7) is 2.80. The molecule has 2 nitrogen and oxygen atoms in total. The van der Waals surface area contributed by atoms with Crippen molar-refractivity contribution < 1.29 is 5.11 Å². The number of benzene rings is 2. The summed E-state index contributed by atoms with van der Waals surface area (Å²) in [7, 11) is 2.06. The molecule has 0 unspecified atom stereocenters. The zero-order valence-electron chi connectivity index (χ0n) is 11.9. The SMILES string of the molecule is CC[C@H](O)c1ccc(N(C)Cc2ccc(Cl)cc2)cc1. The van der Waals surface area contributed by atoms with E-state index >= 15 is 0 Å². The molecule has 1 atom stereocenters. The fourth-order valence-corrected chi connectivity index (χ4v) is 2.27. The minimum absolute atomic E-state index is 0.370. The predicted molar refractivity (Wildman–Crippen MR) is 85.3 cm³/mol. The number of halogens is 1. The quantitative estimate of drug-likeness (QED) is 0.881. The fourth-order valence-electron chi connectivity index (χ4n) is 2.14. The Kier molecular flexibility index (Phi) is 5.05. The number of aliphatic hydroxyl groups is 1. The Bertz CT molecular complexity index is 536. The molecule has 0 aromatic heterocycles. The van der Waals surface area contributed by atoms with Crippen molar-refractivity contribution in [2.45, 2.75) is 26.0 Å². The molecule has 0 radical (unpaired) electrons. The highest BCUT2D eigenvalue weighted by Gasteiger charge is 2.06. The number of rotatable bonds is 5. The maximum atomic E-state index is 9.79. The van der Waals surface area contributed by atoms with Crippen molar-refractivity contribution in [3.8, 4) is 0 Å². The lowest BCUT2D eigenvalue weighted by Gasteiger charge is -2.20. The van der Waals surface area contributed by atoms with Crippen LogP contribution in [-0.2, 0) is 6.54 Å². The monoisotopic (exact) mass is 289 g/mol. The van der Waals surface area contributed by atoms with Crippen molar-refractivity contribution in [3.63, 3.8) is 0 Å². The summed E-state index contributed by atoms with van der Waals surface area (Å²) in [4.78, 5) is 2.17. The van der Waals surface area contributed by atoms with Gasteiger partial charge < -0.3 is 10.0 Å². The normalized spacial score (nSPS) is 12.2. The molecular formula is C17H20ClNO. The molecule has 0 aliphatic carbocycles. The van der Waals surface area contributed by atoms with Gasteiger partial charge in [-0.2, -0.15) is 0 Å². The third-order valence-electron chi connectivity index (χ3n) is 3.44. The molecule has 0 spiro atoms. The summed E-state index contributed by atoms with van der Waals surface area (Å²) < 4.78 is 0. The molecule has 0 saturated heterocycles. The van der Waals surface area contributed by atoms with Crippen LogP contribution in [0.4, 0.5) is 5.69 Å². The van der Waals surface area contributed by atoms with Crippen LogP contribution in [0, 0.1) is 0 Å². The summed E-state index contributed by atoms with van der Waals surface area (Å²) in [5.41, 5.74) is 3.32. The van der Waals surface area contributed by atoms with Gasteiger partial charge in [0.05, 0.1) is 6.10 Å². The Morgan fingerprint density at radius 3 is 2.20 bits per heavy atom. The minimum Gasteiger partial charge on any atom is -0.388 e. The van der Waals surface area contributed by atoms with Gasteiger partial charge in [0, 0.05) is 24.3 Å². The van der Waals surface area contributed by atoms with Crippen LogP contribution in [0.5, 0.6) is 0 Å². The Morgan fingerprint density at radius 1 is 1.05 bits per heavy atom. The second kappa shape index (κ2) is 6.78. The van der Waals surface area contributed by atoms with E-state index in [1.165, 1.54) is 5.56 Å². The van der Waals surface area contributed by atoms with Crippen LogP contribution in [0.1, 0.15) is 30.6 Å². The zero-order chi connectivity index (χ0) is 14.5. The van der Waals surface area contributed by atoms with E-state index in [-0.39, 0.29) is 6.10 Å². The molecule has 0 saturated carbocycles. The molecule has 0 fully saturated rings. The molecular weight excluding hydrogens is 270 g/mol. The minimum atomic E-state index is -0.370. The number of anilines is 1. The standard InChI is InChI=1S/C17H20ClNO/c1-3-17(20)14-6-10-16(11-7-14)19(2)12-13-4-8-15(18)9-5-13/h4-11,17,20H,3,12H2,1-2H3/t17-/m0/s1. The molecule has 0 amide bonds. The van der Waals surface area contributed by atoms with E-state index in [1.54, 1.807) is 0 Å². The smallest absolute Gasteiger partial charge is 0.0787 e. The lowest BCUT2D eigenvalue weighted by atomic mass is 10.1. The zero-order valence-corrected chi connectivity index (χ0v) is 12.6. The molecule has 106 valence electrons. The molecule has 0 aliphatic rings. The molecule has 2 aromatic carbocycles. The van der Waals surface area contributed by atoms with Gasteiger partial charge in [-0.25, -0.2) is 0 Å². The Hall–Kier alpha value is -1.51. The van der Waals surface area contributed by atoms with Gasteiger partial charge >= 0.3 is 0 Å². The van der Waals surface area contributed by atoms with Crippen LogP contribution < -0.4 is 4.90 Å². The van der Waals surface area contributed by atoms with Crippen molar-refractivity contribution in [1.82, 2.24) is 0 Å². The Balaban J connectivity index is 2.05. The number of nitrogens with zero attached hydrogens (tertiary/aromatic N) is 1. The summed E-state index contributed by atoms with van der Waals surface area (Å²) >= 11 is 5.89. The molecule has 0 heterocycles. The van der Waals surface area contributed by atoms with Gasteiger partial charge in [0.1, 0.15) is 0 Å². The van der Waals surface area contributed by atoms with E-state index in [2.05, 4.69) is 11.9 Å². The third kappa shape index (κ3) is 3.75. The first-order chi connectivity index (χ1) is 9.60. The average molecular weight is 290 g/mol. The molecule has 2 aromatic rings. The Morgan fingerprint density at radius 2 is 1.65 bits per heavy atom. The molecule has 1 N–H and O–H groups in total. The van der Waals surface area contributed by atoms with E-state index in [0.29, 0.717) is 0 Å². The van der Waals surface area contributed by atoms with E-state index in [1.807, 2.05) is 55.5 Å². The highest BCUT2D eigenvalue weighted by atomic mass is 35.5. The van der Waals surface area contributed by atoms with Crippen LogP contribution >= 0.6 is 11.6 Å². The highest BCUT2D eigenvalue weighted by Crippen LogP contribution is 2.21. The summed E-state index contributed by atoms with van der Waals surface area (Å²) in [5.74, 6) is 0. The van der Waals surface area contributed by atoms with E-state index < -0.39 is 0 Å². The summed E-state index contributed by atoms with van der Waals surface area (Å²) in [6.07, 6.45) is 0.366. The first kappa shape index (κ1) is 14.9. The molecule has 0 bridgehead atoms. The molecule has 20 heavy (non-hydrogen) atoms. The number of hydrogen-bond donors (Lipinski definition) is 1. The van der Waals surface area contributed by atoms with Crippen molar-refractivity contribution in [1.29, 1.82) is 0 Å². The maximum absolute atomic E-state index is 9.79. The maximum Gasteiger partial charge on any atom is 0.0787 e. The topological polar surface area (TPSA) is 23.5 Å². The van der Waals surface area contributed by atoms with Crippen LogP contribution in [0.2, 0.25) is 5.02 Å². The highest BCUT2D eigenvalue weighted by molar-refractivity contribution is 6.30. The van der Waals surface area contributed by atoms with E-state index in [0.717, 1.165) is 29.2 Å². The van der Waals surface area contributed by atoms with Gasteiger partial charge in [-0.15, -0.1) is 0 Å². The van der Waals surface area contributed by atoms with Gasteiger partial charge in [0.2, 0.25) is 0 Å². The molecule has 3 heteroatoms. The predicted octanol–water partition coefficient (Wildman–Crippen LogP) is 4.42. The first-order valence-corrected chi connectivity index (χ1v) is 7.21. The number of aliphatic hydroxyl groups excluding tert-OH is 1. The molecule has 0 aliphatic heterocycles. The van der Waals surface area contributed by atoms with Crippen molar-refractivity contribution in [2.24, 2.45) is 0 Å². The van der Waals surface area contributed by atoms with Gasteiger partial charge in [-0.1, -0.05) is 42.8 Å². The number of hydrogen-bond acceptors (Lipinski definition) is 2. The van der Waals surface area contributed by atoms with Gasteiger partial charge in [-0.3, -0.25) is 0 Å². The average Bonchev–Trinajstić information content (AvgIpc) is 2.49. The van der Waals surface area contributed by atoms with Crippen molar-refractivity contribution in [3.05, 3.63) is 64.7 Å². The van der Waals surface area contributed by atoms with E-state index in [4.69, 9.17) is 11.6 Å². The van der Waals surface area contributed by atoms with Gasteiger partial charge in [-0.05, 0) is 41.8 Å². The van der Waals surface area contributed by atoms with E-state index in [9.17, 15) is 5.11 Å². The van der Waals surface area contributed by atoms with Crippen LogP contribution in [0.3, 0.4) is 0 Å². The third-order valence-corrected chi connectivity index (χ3v) is 3.69. The summed E-state index contributed by atoms with van der Waals surface area (Å²) in [5, 5.41) is 10.6.